The molecule has 3 nitrogen and oxygen atoms in total. The summed E-state index contributed by atoms with van der Waals surface area (Å²) in [6.07, 6.45) is 4.55. The molecule has 0 amide bonds. The lowest BCUT2D eigenvalue weighted by atomic mass is 10.2. The van der Waals surface area contributed by atoms with Crippen LogP contribution in [0.1, 0.15) is 29.1 Å². The first kappa shape index (κ1) is 12.2. The van der Waals surface area contributed by atoms with E-state index in [2.05, 4.69) is 38.8 Å². The van der Waals surface area contributed by atoms with Crippen LogP contribution in [0.2, 0.25) is 0 Å². The molecule has 0 saturated carbocycles. The highest BCUT2D eigenvalue weighted by Crippen LogP contribution is 2.14. The van der Waals surface area contributed by atoms with Gasteiger partial charge < -0.3 is 0 Å². The van der Waals surface area contributed by atoms with Crippen LogP contribution in [0.15, 0.2) is 23.7 Å². The van der Waals surface area contributed by atoms with E-state index >= 15 is 0 Å². The van der Waals surface area contributed by atoms with Crippen LogP contribution in [0.25, 0.3) is 0 Å². The van der Waals surface area contributed by atoms with Gasteiger partial charge >= 0.3 is 0 Å². The summed E-state index contributed by atoms with van der Waals surface area (Å²) in [5.41, 5.74) is 1.85. The number of hydrogen-bond acceptors (Lipinski definition) is 3. The van der Waals surface area contributed by atoms with Crippen molar-refractivity contribution in [3.05, 3.63) is 40.0 Å². The van der Waals surface area contributed by atoms with E-state index in [1.807, 2.05) is 18.5 Å². The van der Waals surface area contributed by atoms with Crippen LogP contribution in [0.3, 0.4) is 0 Å². The number of nitrogens with zero attached hydrogens (tertiary/aromatic N) is 2. The van der Waals surface area contributed by atoms with E-state index in [0.29, 0.717) is 0 Å². The monoisotopic (exact) mass is 270 g/mol. The quantitative estimate of drug-likeness (QED) is 0.744. The van der Waals surface area contributed by atoms with Crippen LogP contribution >= 0.6 is 11.3 Å². The Bertz CT molecular complexity index is 613. The number of aromatic amines is 1. The molecule has 0 atom stereocenters. The maximum Gasteiger partial charge on any atom is 0.274 e. The average molecular weight is 270 g/mol. The van der Waals surface area contributed by atoms with E-state index in [9.17, 15) is 0 Å². The summed E-state index contributed by atoms with van der Waals surface area (Å²) in [4.78, 5) is 10.0. The highest BCUT2D eigenvalue weighted by molar-refractivity contribution is 7.09. The summed E-state index contributed by atoms with van der Waals surface area (Å²) in [6, 6.07) is 4.18. The van der Waals surface area contributed by atoms with E-state index < -0.39 is 0 Å². The molecular formula is C15H16N3S+. The second-order valence-corrected chi connectivity index (χ2v) is 5.72. The van der Waals surface area contributed by atoms with Crippen molar-refractivity contribution in [2.45, 2.75) is 19.8 Å². The molecule has 0 bridgehead atoms. The van der Waals surface area contributed by atoms with Crippen LogP contribution in [-0.4, -0.2) is 18.1 Å². The lowest BCUT2D eigenvalue weighted by Crippen LogP contribution is -2.25. The molecule has 1 saturated heterocycles. The molecule has 96 valence electrons. The van der Waals surface area contributed by atoms with Crippen LogP contribution in [0, 0.1) is 18.8 Å². The summed E-state index contributed by atoms with van der Waals surface area (Å²) in [5, 5.41) is 3.05. The van der Waals surface area contributed by atoms with Gasteiger partial charge in [0.05, 0.1) is 23.7 Å². The fraction of sp³-hybridized carbons (Fsp3) is 0.333. The van der Waals surface area contributed by atoms with Gasteiger partial charge in [0.25, 0.3) is 5.82 Å². The first-order valence-corrected chi connectivity index (χ1v) is 7.40. The van der Waals surface area contributed by atoms with Gasteiger partial charge in [-0.3, -0.25) is 4.90 Å². The standard InChI is InChI=1S/C15H15N3S/c1-12-17-14(11-19-12)6-4-13-5-7-15(16-10-13)18-8-2-3-9-18/h5,7,10-11H,2-3,8-9H2,1H3/p+1. The first-order chi connectivity index (χ1) is 9.31. The predicted molar refractivity (Wildman–Crippen MR) is 77.3 cm³/mol. The fourth-order valence-electron chi connectivity index (χ4n) is 2.21. The first-order valence-electron chi connectivity index (χ1n) is 6.52. The molecule has 3 heterocycles. The molecular weight excluding hydrogens is 254 g/mol. The number of nitrogens with one attached hydrogen (secondary N) is 1. The van der Waals surface area contributed by atoms with Crippen LogP contribution in [0.5, 0.6) is 0 Å². The van der Waals surface area contributed by atoms with E-state index in [4.69, 9.17) is 0 Å². The van der Waals surface area contributed by atoms with Crippen molar-refractivity contribution in [3.63, 3.8) is 0 Å². The van der Waals surface area contributed by atoms with E-state index in [1.165, 1.54) is 18.7 Å². The minimum absolute atomic E-state index is 0.853. The fourth-order valence-corrected chi connectivity index (χ4v) is 2.75. The van der Waals surface area contributed by atoms with Gasteiger partial charge in [-0.15, -0.1) is 11.3 Å². The van der Waals surface area contributed by atoms with Gasteiger partial charge in [-0.2, -0.15) is 0 Å². The Labute approximate surface area is 117 Å². The van der Waals surface area contributed by atoms with Crippen molar-refractivity contribution < 1.29 is 4.98 Å². The largest absolute Gasteiger partial charge is 0.274 e. The van der Waals surface area contributed by atoms with Crippen molar-refractivity contribution in [2.75, 3.05) is 18.0 Å². The van der Waals surface area contributed by atoms with Gasteiger partial charge in [-0.05, 0) is 31.8 Å². The Balaban J connectivity index is 1.74. The Morgan fingerprint density at radius 3 is 2.74 bits per heavy atom. The van der Waals surface area contributed by atoms with Gasteiger partial charge in [0.1, 0.15) is 11.9 Å². The number of pyridine rings is 1. The van der Waals surface area contributed by atoms with Crippen molar-refractivity contribution in [1.29, 1.82) is 0 Å². The molecule has 0 spiro atoms. The number of thiazole rings is 1. The van der Waals surface area contributed by atoms with Gasteiger partial charge in [0.2, 0.25) is 0 Å². The Morgan fingerprint density at radius 1 is 1.26 bits per heavy atom. The summed E-state index contributed by atoms with van der Waals surface area (Å²) >= 11 is 1.63. The molecule has 1 aliphatic heterocycles. The topological polar surface area (TPSA) is 30.3 Å². The number of aryl methyl sites for hydroxylation is 1. The third-order valence-electron chi connectivity index (χ3n) is 3.20. The molecule has 19 heavy (non-hydrogen) atoms. The zero-order chi connectivity index (χ0) is 13.1. The predicted octanol–water partition coefficient (Wildman–Crippen LogP) is 2.27. The van der Waals surface area contributed by atoms with Crippen molar-refractivity contribution in [2.24, 2.45) is 0 Å². The lowest BCUT2D eigenvalue weighted by Gasteiger charge is -2.07. The van der Waals surface area contributed by atoms with Crippen molar-refractivity contribution >= 4 is 17.2 Å². The van der Waals surface area contributed by atoms with Gasteiger partial charge in [0, 0.05) is 11.4 Å². The SMILES string of the molecule is Cc1nc(C#Cc2ccc(N3CCCC3)[nH+]c2)cs1. The number of aromatic nitrogens is 2. The molecule has 0 unspecified atom stereocenters. The number of hydrogen-bond donors (Lipinski definition) is 0. The van der Waals surface area contributed by atoms with Crippen molar-refractivity contribution in [1.82, 2.24) is 4.98 Å². The zero-order valence-electron chi connectivity index (χ0n) is 10.9. The smallest absolute Gasteiger partial charge is 0.262 e. The molecule has 3 rings (SSSR count). The Kier molecular flexibility index (Phi) is 3.47. The highest BCUT2D eigenvalue weighted by Gasteiger charge is 2.19. The van der Waals surface area contributed by atoms with Gasteiger partial charge in [-0.25, -0.2) is 9.97 Å². The van der Waals surface area contributed by atoms with Crippen LogP contribution in [-0.2, 0) is 0 Å². The molecule has 1 aliphatic rings. The average Bonchev–Trinajstić information content (AvgIpc) is 3.08. The van der Waals surface area contributed by atoms with Gasteiger partial charge in [0.15, 0.2) is 0 Å². The maximum atomic E-state index is 4.33. The molecule has 1 N–H and O–H groups in total. The van der Waals surface area contributed by atoms with Gasteiger partial charge in [-0.1, -0.05) is 5.92 Å². The Hall–Kier alpha value is -1.86. The normalized spacial score (nSPS) is 14.3. The van der Waals surface area contributed by atoms with Crippen LogP contribution in [0.4, 0.5) is 5.82 Å². The minimum Gasteiger partial charge on any atom is -0.262 e. The Morgan fingerprint density at radius 2 is 2.11 bits per heavy atom. The second-order valence-electron chi connectivity index (χ2n) is 4.66. The molecule has 0 aromatic carbocycles. The molecule has 1 fully saturated rings. The third-order valence-corrected chi connectivity index (χ3v) is 3.97. The summed E-state index contributed by atoms with van der Waals surface area (Å²) in [7, 11) is 0. The third kappa shape index (κ3) is 2.94. The summed E-state index contributed by atoms with van der Waals surface area (Å²) < 4.78 is 0. The minimum atomic E-state index is 0.853. The second kappa shape index (κ2) is 5.41. The molecule has 2 aromatic rings. The number of anilines is 1. The lowest BCUT2D eigenvalue weighted by molar-refractivity contribution is -0.364. The summed E-state index contributed by atoms with van der Waals surface area (Å²) in [5.74, 6) is 7.41. The van der Waals surface area contributed by atoms with E-state index in [-0.39, 0.29) is 0 Å². The molecule has 0 aliphatic carbocycles. The van der Waals surface area contributed by atoms with E-state index in [0.717, 1.165) is 29.4 Å². The highest BCUT2D eigenvalue weighted by atomic mass is 32.1. The zero-order valence-corrected chi connectivity index (χ0v) is 11.8. The molecule has 4 heteroatoms. The van der Waals surface area contributed by atoms with Crippen LogP contribution < -0.4 is 9.88 Å². The van der Waals surface area contributed by atoms with Crippen molar-refractivity contribution in [3.8, 4) is 11.8 Å². The number of rotatable bonds is 1. The van der Waals surface area contributed by atoms with E-state index in [1.54, 1.807) is 11.3 Å². The molecule has 2 aromatic heterocycles. The molecule has 0 radical (unpaired) electrons. The number of H-pyrrole nitrogens is 1. The maximum absolute atomic E-state index is 4.33. The summed E-state index contributed by atoms with van der Waals surface area (Å²) in [6.45, 7) is 4.30.